The maximum absolute atomic E-state index is 14.5. The second-order valence-corrected chi connectivity index (χ2v) is 22.9. The van der Waals surface area contributed by atoms with Crippen molar-refractivity contribution in [3.8, 4) is 27.7 Å². The van der Waals surface area contributed by atoms with Crippen LogP contribution in [0.5, 0.6) is 17.2 Å². The smallest absolute Gasteiger partial charge is 0.246 e. The number of benzene rings is 4. The molecule has 382 valence electrons. The molecule has 17 heteroatoms. The summed E-state index contributed by atoms with van der Waals surface area (Å²) in [6.45, 7) is 11.8. The molecule has 2 saturated heterocycles. The number of hydrogen-bond acceptors (Lipinski definition) is 12. The number of nitrogens with zero attached hydrogens (tertiary/aromatic N) is 3. The number of aryl methyl sites for hydroxylation is 1. The van der Waals surface area contributed by atoms with Crippen LogP contribution in [-0.2, 0) is 29.1 Å². The molecule has 4 aromatic carbocycles. The van der Waals surface area contributed by atoms with Crippen LogP contribution < -0.4 is 19.7 Å². The molecular formula is C55H65N5O10S2. The number of phenolic OH excluding ortho intramolecular Hbond substituents is 2. The van der Waals surface area contributed by atoms with Gasteiger partial charge in [0.05, 0.1) is 46.6 Å². The summed E-state index contributed by atoms with van der Waals surface area (Å²) in [6, 6.07) is 26.1. The topological polar surface area (TPSA) is 208 Å². The quantitative estimate of drug-likeness (QED) is 0.0499. The van der Waals surface area contributed by atoms with E-state index in [0.29, 0.717) is 37.3 Å². The first-order valence-corrected chi connectivity index (χ1v) is 27.0. The van der Waals surface area contributed by atoms with Crippen LogP contribution in [0.1, 0.15) is 102 Å². The van der Waals surface area contributed by atoms with Gasteiger partial charge in [0.15, 0.2) is 0 Å². The number of nitrogens with one attached hydrogen (secondary N) is 2. The van der Waals surface area contributed by atoms with Crippen molar-refractivity contribution in [2.45, 2.75) is 122 Å². The zero-order chi connectivity index (χ0) is 51.5. The van der Waals surface area contributed by atoms with Gasteiger partial charge in [0.1, 0.15) is 40.7 Å². The molecule has 15 nitrogen and oxygen atoms in total. The van der Waals surface area contributed by atoms with Gasteiger partial charge in [0.2, 0.25) is 27.7 Å². The van der Waals surface area contributed by atoms with Crippen LogP contribution in [0.2, 0.25) is 0 Å². The Balaban J connectivity index is 0.810. The molecule has 8 rings (SSSR count). The summed E-state index contributed by atoms with van der Waals surface area (Å²) in [5.41, 5.74) is 7.72. The fraction of sp³-hybridized carbons (Fsp3) is 0.418. The molecule has 7 atom stereocenters. The van der Waals surface area contributed by atoms with Gasteiger partial charge in [0, 0.05) is 25.9 Å². The maximum atomic E-state index is 14.5. The molecule has 72 heavy (non-hydrogen) atoms. The van der Waals surface area contributed by atoms with Gasteiger partial charge in [-0.3, -0.25) is 18.7 Å². The average molecular weight is 1020 g/mol. The Morgan fingerprint density at radius 3 is 2.08 bits per heavy atom. The molecule has 0 spiro atoms. The van der Waals surface area contributed by atoms with E-state index in [2.05, 4.69) is 15.6 Å². The lowest BCUT2D eigenvalue weighted by atomic mass is 9.83. The average Bonchev–Trinajstić information content (AvgIpc) is 4.17. The lowest BCUT2D eigenvalue weighted by Crippen LogP contribution is -2.57. The molecule has 0 radical (unpaired) electrons. The first-order chi connectivity index (χ1) is 34.3. The highest BCUT2D eigenvalue weighted by Crippen LogP contribution is 2.51. The monoisotopic (exact) mass is 1020 g/mol. The van der Waals surface area contributed by atoms with Gasteiger partial charge in [-0.1, -0.05) is 69.3 Å². The zero-order valence-corrected chi connectivity index (χ0v) is 43.2. The van der Waals surface area contributed by atoms with Crippen molar-refractivity contribution >= 4 is 55.9 Å². The number of β-amino-alcohol motifs (C(OH)–C–C–N with tert-alkyl or cyclic N) is 1. The molecule has 5 N–H and O–H groups in total. The van der Waals surface area contributed by atoms with Gasteiger partial charge >= 0.3 is 0 Å². The van der Waals surface area contributed by atoms with E-state index in [4.69, 9.17) is 9.47 Å². The Morgan fingerprint density at radius 2 is 1.49 bits per heavy atom. The normalized spacial score (nSPS) is 20.6. The fourth-order valence-corrected chi connectivity index (χ4v) is 12.9. The van der Waals surface area contributed by atoms with E-state index >= 15 is 0 Å². The molecule has 3 aliphatic rings. The van der Waals surface area contributed by atoms with E-state index in [1.54, 1.807) is 91.1 Å². The number of anilines is 1. The molecule has 3 aliphatic heterocycles. The minimum Gasteiger partial charge on any atom is -0.508 e. The van der Waals surface area contributed by atoms with Gasteiger partial charge in [-0.15, -0.1) is 11.3 Å². The van der Waals surface area contributed by atoms with Crippen LogP contribution in [-0.4, -0.2) is 107 Å². The minimum atomic E-state index is -3.93. The van der Waals surface area contributed by atoms with Gasteiger partial charge < -0.3 is 40.3 Å². The number of phenols is 2. The van der Waals surface area contributed by atoms with E-state index in [9.17, 15) is 38.1 Å². The molecule has 1 aromatic heterocycles. The van der Waals surface area contributed by atoms with E-state index in [-0.39, 0.29) is 61.7 Å². The molecule has 2 fully saturated rings. The highest BCUT2D eigenvalue weighted by molar-refractivity contribution is 7.93. The molecule has 3 amide bonds. The number of aliphatic hydroxyl groups is 1. The standard InChI is InChI=1S/C55H65N5O10S2/c1-7-60(72(67,68)46-30-45-48(36-16-22-40(61)23-17-36)49(50(46)70-45)37-18-24-41(62)25-19-37)39-20-26-43(27-21-39)69-28-10-8-9-11-47(64)58-52(55(4,5)6)54(66)59-31-42(63)29-44(59)53(65)57-33(2)35-12-14-38(15-13-35)51-34(3)56-32-71-51/h12-27,32-33,42,44-46,50,52,61-63H,7-11,28-31H2,1-6H3,(H,57,65)(H,58,64)/t33-,42+,44-,45+,46?,50-,52+/m0/s1. The number of fused-ring (bicyclic) bond motifs is 2. The van der Waals surface area contributed by atoms with Gasteiger partial charge in [-0.05, 0) is 134 Å². The summed E-state index contributed by atoms with van der Waals surface area (Å²) in [4.78, 5) is 48.0. The molecule has 0 saturated carbocycles. The van der Waals surface area contributed by atoms with Gasteiger partial charge in [-0.2, -0.15) is 0 Å². The Bertz CT molecular complexity index is 2860. The number of likely N-dealkylation sites (tertiary alicyclic amines) is 1. The van der Waals surface area contributed by atoms with Crippen molar-refractivity contribution in [3.05, 3.63) is 125 Å². The van der Waals surface area contributed by atoms with Crippen molar-refractivity contribution < 1.29 is 47.6 Å². The number of carbonyl (C=O) groups is 3. The third kappa shape index (κ3) is 11.3. The lowest BCUT2D eigenvalue weighted by molar-refractivity contribution is -0.144. The molecule has 5 aromatic rings. The van der Waals surface area contributed by atoms with Crippen molar-refractivity contribution in [3.63, 3.8) is 0 Å². The summed E-state index contributed by atoms with van der Waals surface area (Å²) in [6.07, 6.45) is 0.291. The van der Waals surface area contributed by atoms with Crippen molar-refractivity contribution in [1.82, 2.24) is 20.5 Å². The minimum absolute atomic E-state index is 0.0157. The molecule has 0 aliphatic carbocycles. The number of aliphatic hydroxyl groups excluding tert-OH is 1. The number of sulfonamides is 1. The van der Waals surface area contributed by atoms with Crippen molar-refractivity contribution in [2.75, 3.05) is 24.0 Å². The van der Waals surface area contributed by atoms with Gasteiger partial charge in [0.25, 0.3) is 0 Å². The molecule has 4 heterocycles. The Kier molecular flexibility index (Phi) is 15.8. The summed E-state index contributed by atoms with van der Waals surface area (Å²) in [7, 11) is -3.93. The van der Waals surface area contributed by atoms with Crippen LogP contribution in [0.4, 0.5) is 5.69 Å². The number of aromatic hydroxyl groups is 2. The second kappa shape index (κ2) is 21.8. The van der Waals surface area contributed by atoms with Crippen LogP contribution in [0.25, 0.3) is 21.6 Å². The van der Waals surface area contributed by atoms with Gasteiger partial charge in [-0.25, -0.2) is 13.4 Å². The largest absolute Gasteiger partial charge is 0.508 e. The Morgan fingerprint density at radius 1 is 0.861 bits per heavy atom. The predicted molar refractivity (Wildman–Crippen MR) is 279 cm³/mol. The number of rotatable bonds is 19. The number of aromatic nitrogens is 1. The van der Waals surface area contributed by atoms with Crippen molar-refractivity contribution in [1.29, 1.82) is 0 Å². The van der Waals surface area contributed by atoms with E-state index < -0.39 is 57.0 Å². The Labute approximate surface area is 426 Å². The number of thiazole rings is 1. The highest BCUT2D eigenvalue weighted by Gasteiger charge is 2.54. The number of ether oxygens (including phenoxy) is 2. The van der Waals surface area contributed by atoms with E-state index in [1.807, 2.05) is 64.4 Å². The third-order valence-corrected chi connectivity index (χ3v) is 17.1. The highest BCUT2D eigenvalue weighted by atomic mass is 32.2. The number of unbranched alkanes of at least 4 members (excludes halogenated alkanes) is 2. The van der Waals surface area contributed by atoms with Crippen LogP contribution in [0.3, 0.4) is 0 Å². The SMILES string of the molecule is CCN(c1ccc(OCCCCCC(=O)N[C@H](C(=O)N2C[C@H](O)C[C@H]2C(=O)N[C@@H](C)c2ccc(-c3scnc3C)cc2)C(C)(C)C)cc1)S(=O)(=O)C1C[C@H]2O[C@@H]1C(c1ccc(O)cc1)=C2c1ccc(O)cc1. The first-order valence-electron chi connectivity index (χ1n) is 24.7. The van der Waals surface area contributed by atoms with Crippen molar-refractivity contribution in [2.24, 2.45) is 5.41 Å². The van der Waals surface area contributed by atoms with Crippen LogP contribution in [0.15, 0.2) is 103 Å². The predicted octanol–water partition coefficient (Wildman–Crippen LogP) is 8.15. The Hall–Kier alpha value is -6.27. The van der Waals surface area contributed by atoms with E-state index in [0.717, 1.165) is 44.0 Å². The second-order valence-electron chi connectivity index (χ2n) is 20.0. The first kappa shape index (κ1) is 52.1. The summed E-state index contributed by atoms with van der Waals surface area (Å²) in [5.74, 6) is -0.286. The lowest BCUT2D eigenvalue weighted by Gasteiger charge is -2.35. The molecular weight excluding hydrogens is 955 g/mol. The van der Waals surface area contributed by atoms with Crippen LogP contribution in [0, 0.1) is 12.3 Å². The summed E-state index contributed by atoms with van der Waals surface area (Å²) in [5, 5.41) is 35.8. The van der Waals surface area contributed by atoms with Crippen LogP contribution >= 0.6 is 11.3 Å². The zero-order valence-electron chi connectivity index (χ0n) is 41.6. The fourth-order valence-electron chi connectivity index (χ4n) is 10.0. The maximum Gasteiger partial charge on any atom is 0.246 e. The molecule has 2 bridgehead atoms. The number of hydrogen-bond donors (Lipinski definition) is 5. The van der Waals surface area contributed by atoms with E-state index in [1.165, 1.54) is 9.21 Å². The summed E-state index contributed by atoms with van der Waals surface area (Å²) >= 11 is 1.57. The number of carbonyl (C=O) groups excluding carboxylic acids is 3. The molecule has 1 unspecified atom stereocenters. The number of amides is 3. The summed E-state index contributed by atoms with van der Waals surface area (Å²) < 4.78 is 42.8. The third-order valence-electron chi connectivity index (χ3n) is 13.8.